The van der Waals surface area contributed by atoms with E-state index in [0.717, 1.165) is 23.7 Å². The van der Waals surface area contributed by atoms with Crippen LogP contribution in [0.5, 0.6) is 0 Å². The van der Waals surface area contributed by atoms with Crippen LogP contribution in [0.3, 0.4) is 0 Å². The number of hydrogen-bond donors (Lipinski definition) is 1. The molecule has 1 N–H and O–H groups in total. The summed E-state index contributed by atoms with van der Waals surface area (Å²) >= 11 is 7.30. The first-order valence-electron chi connectivity index (χ1n) is 5.23. The summed E-state index contributed by atoms with van der Waals surface area (Å²) in [6, 6.07) is 3.44. The molecular formula is C10H9ClN4OS. The van der Waals surface area contributed by atoms with E-state index in [0.29, 0.717) is 29.3 Å². The summed E-state index contributed by atoms with van der Waals surface area (Å²) in [5.74, 6) is 0. The fraction of sp³-hybridized carbons (Fsp3) is 0.300. The van der Waals surface area contributed by atoms with Gasteiger partial charge in [-0.15, -0.1) is 0 Å². The quantitative estimate of drug-likeness (QED) is 0.863. The highest BCUT2D eigenvalue weighted by Gasteiger charge is 2.24. The Morgan fingerprint density at radius 2 is 2.29 bits per heavy atom. The number of aromatic nitrogens is 2. The van der Waals surface area contributed by atoms with Crippen LogP contribution in [0.2, 0.25) is 5.02 Å². The van der Waals surface area contributed by atoms with Crippen LogP contribution < -0.4 is 10.2 Å². The lowest BCUT2D eigenvalue weighted by Gasteiger charge is -2.28. The van der Waals surface area contributed by atoms with Crippen molar-refractivity contribution in [3.8, 4) is 0 Å². The summed E-state index contributed by atoms with van der Waals surface area (Å²) in [7, 11) is 0. The number of nitrogens with one attached hydrogen (secondary N) is 1. The maximum atomic E-state index is 11.8. The average molecular weight is 269 g/mol. The first-order chi connectivity index (χ1) is 8.27. The van der Waals surface area contributed by atoms with E-state index in [4.69, 9.17) is 11.6 Å². The summed E-state index contributed by atoms with van der Waals surface area (Å²) in [6.45, 7) is 1.36. The fourth-order valence-corrected chi connectivity index (χ4v) is 2.71. The van der Waals surface area contributed by atoms with Gasteiger partial charge in [0.2, 0.25) is 0 Å². The Morgan fingerprint density at radius 1 is 1.41 bits per heavy atom. The number of nitrogens with zero attached hydrogens (tertiary/aromatic N) is 3. The number of carbonyl (C=O) groups is 1. The van der Waals surface area contributed by atoms with Crippen LogP contribution in [-0.4, -0.2) is 27.9 Å². The van der Waals surface area contributed by atoms with Crippen LogP contribution in [0.4, 0.5) is 10.5 Å². The summed E-state index contributed by atoms with van der Waals surface area (Å²) in [5, 5.41) is 3.33. The minimum atomic E-state index is -0.126. The van der Waals surface area contributed by atoms with Gasteiger partial charge in [0.25, 0.3) is 0 Å². The van der Waals surface area contributed by atoms with Gasteiger partial charge in [0.15, 0.2) is 0 Å². The van der Waals surface area contributed by atoms with E-state index in [1.54, 1.807) is 11.0 Å². The maximum absolute atomic E-state index is 11.8. The van der Waals surface area contributed by atoms with Crippen LogP contribution in [0.15, 0.2) is 12.1 Å². The van der Waals surface area contributed by atoms with Gasteiger partial charge in [0.1, 0.15) is 11.0 Å². The van der Waals surface area contributed by atoms with Gasteiger partial charge in [-0.3, -0.25) is 4.90 Å². The zero-order chi connectivity index (χ0) is 11.8. The maximum Gasteiger partial charge on any atom is 0.321 e. The fourth-order valence-electron chi connectivity index (χ4n) is 1.91. The molecule has 0 radical (unpaired) electrons. The van der Waals surface area contributed by atoms with E-state index in [1.165, 1.54) is 0 Å². The van der Waals surface area contributed by atoms with Crippen molar-refractivity contribution in [2.24, 2.45) is 0 Å². The minimum absolute atomic E-state index is 0.126. The molecule has 1 fully saturated rings. The van der Waals surface area contributed by atoms with Gasteiger partial charge < -0.3 is 5.32 Å². The molecule has 0 aliphatic carbocycles. The molecule has 0 atom stereocenters. The number of benzene rings is 1. The van der Waals surface area contributed by atoms with Gasteiger partial charge in [-0.25, -0.2) is 4.79 Å². The number of carbonyl (C=O) groups excluding carboxylic acids is 1. The molecule has 1 aromatic carbocycles. The Kier molecular flexibility index (Phi) is 2.60. The van der Waals surface area contributed by atoms with Gasteiger partial charge in [-0.1, -0.05) is 11.6 Å². The smallest absolute Gasteiger partial charge is 0.321 e. The predicted octanol–water partition coefficient (Wildman–Crippen LogP) is 2.26. The van der Waals surface area contributed by atoms with E-state index >= 15 is 0 Å². The highest BCUT2D eigenvalue weighted by molar-refractivity contribution is 7.00. The van der Waals surface area contributed by atoms with Crippen molar-refractivity contribution in [3.05, 3.63) is 17.2 Å². The summed E-state index contributed by atoms with van der Waals surface area (Å²) in [5.41, 5.74) is 2.13. The van der Waals surface area contributed by atoms with Crippen molar-refractivity contribution in [3.63, 3.8) is 0 Å². The summed E-state index contributed by atoms with van der Waals surface area (Å²) in [6.07, 6.45) is 0.899. The Balaban J connectivity index is 2.17. The molecule has 2 heterocycles. The second-order valence-corrected chi connectivity index (χ2v) is 4.70. The Hall–Kier alpha value is -1.40. The molecule has 0 unspecified atom stereocenters. The highest BCUT2D eigenvalue weighted by Crippen LogP contribution is 2.33. The molecule has 2 aromatic rings. The molecule has 0 spiro atoms. The standard InChI is InChI=1S/C10H9ClN4OS/c11-6-2-3-7-8(14-17-13-7)9(6)15-5-1-4-12-10(15)16/h2-3H,1,4-5H2,(H,12,16). The third kappa shape index (κ3) is 1.73. The highest BCUT2D eigenvalue weighted by atomic mass is 35.5. The van der Waals surface area contributed by atoms with Crippen molar-refractivity contribution in [1.82, 2.24) is 14.1 Å². The van der Waals surface area contributed by atoms with Crippen LogP contribution in [-0.2, 0) is 0 Å². The third-order valence-electron chi connectivity index (χ3n) is 2.70. The van der Waals surface area contributed by atoms with E-state index < -0.39 is 0 Å². The van der Waals surface area contributed by atoms with Crippen LogP contribution >= 0.6 is 23.3 Å². The average Bonchev–Trinajstić information content (AvgIpc) is 2.79. The normalized spacial score (nSPS) is 16.3. The molecule has 1 aliphatic rings. The number of halogens is 1. The Bertz CT molecular complexity index is 585. The Labute approximate surface area is 107 Å². The predicted molar refractivity (Wildman–Crippen MR) is 67.8 cm³/mol. The van der Waals surface area contributed by atoms with Gasteiger partial charge in [0, 0.05) is 13.1 Å². The van der Waals surface area contributed by atoms with Crippen LogP contribution in [0, 0.1) is 0 Å². The lowest BCUT2D eigenvalue weighted by Crippen LogP contribution is -2.46. The molecule has 1 saturated heterocycles. The molecular weight excluding hydrogens is 260 g/mol. The van der Waals surface area contributed by atoms with Gasteiger partial charge in [0.05, 0.1) is 22.4 Å². The molecule has 1 aromatic heterocycles. The SMILES string of the molecule is O=C1NCCCN1c1c(Cl)ccc2nsnc12. The molecule has 1 aliphatic heterocycles. The molecule has 0 bridgehead atoms. The first kappa shape index (κ1) is 10.7. The van der Waals surface area contributed by atoms with Gasteiger partial charge in [-0.2, -0.15) is 8.75 Å². The lowest BCUT2D eigenvalue weighted by molar-refractivity contribution is 0.243. The number of amides is 2. The molecule has 88 valence electrons. The number of anilines is 1. The van der Waals surface area contributed by atoms with Gasteiger partial charge in [-0.05, 0) is 18.6 Å². The van der Waals surface area contributed by atoms with E-state index in [9.17, 15) is 4.79 Å². The second kappa shape index (κ2) is 4.12. The monoisotopic (exact) mass is 268 g/mol. The largest absolute Gasteiger partial charge is 0.338 e. The van der Waals surface area contributed by atoms with Crippen LogP contribution in [0.25, 0.3) is 11.0 Å². The molecule has 5 nitrogen and oxygen atoms in total. The Morgan fingerprint density at radius 3 is 3.12 bits per heavy atom. The molecule has 3 rings (SSSR count). The zero-order valence-corrected chi connectivity index (χ0v) is 10.4. The van der Waals surface area contributed by atoms with Gasteiger partial charge >= 0.3 is 6.03 Å². The van der Waals surface area contributed by atoms with E-state index in [2.05, 4.69) is 14.1 Å². The molecule has 0 saturated carbocycles. The van der Waals surface area contributed by atoms with Crippen molar-refractivity contribution in [2.45, 2.75) is 6.42 Å². The number of hydrogen-bond acceptors (Lipinski definition) is 4. The topological polar surface area (TPSA) is 58.1 Å². The van der Waals surface area contributed by atoms with Crippen molar-refractivity contribution in [1.29, 1.82) is 0 Å². The van der Waals surface area contributed by atoms with Crippen molar-refractivity contribution in [2.75, 3.05) is 18.0 Å². The minimum Gasteiger partial charge on any atom is -0.338 e. The van der Waals surface area contributed by atoms with E-state index in [1.807, 2.05) is 6.07 Å². The van der Waals surface area contributed by atoms with E-state index in [-0.39, 0.29) is 6.03 Å². The van der Waals surface area contributed by atoms with Crippen LogP contribution in [0.1, 0.15) is 6.42 Å². The second-order valence-electron chi connectivity index (χ2n) is 3.77. The molecule has 2 amide bonds. The first-order valence-corrected chi connectivity index (χ1v) is 6.34. The molecule has 7 heteroatoms. The van der Waals surface area contributed by atoms with Crippen molar-refractivity contribution < 1.29 is 4.79 Å². The number of fused-ring (bicyclic) bond motifs is 1. The zero-order valence-electron chi connectivity index (χ0n) is 8.81. The lowest BCUT2D eigenvalue weighted by atomic mass is 10.2. The van der Waals surface area contributed by atoms with Crippen molar-refractivity contribution >= 4 is 46.1 Å². The molecule has 17 heavy (non-hydrogen) atoms. The number of rotatable bonds is 1. The summed E-state index contributed by atoms with van der Waals surface area (Å²) < 4.78 is 8.37. The number of urea groups is 1. The third-order valence-corrected chi connectivity index (χ3v) is 3.55. The summed E-state index contributed by atoms with van der Waals surface area (Å²) in [4.78, 5) is 13.5.